The third kappa shape index (κ3) is 3.71. The van der Waals surface area contributed by atoms with Gasteiger partial charge in [0.25, 0.3) is 5.91 Å². The van der Waals surface area contributed by atoms with Crippen LogP contribution in [0.1, 0.15) is 28.9 Å². The minimum absolute atomic E-state index is 0.219. The molecule has 0 spiro atoms. The number of nitrogens with one attached hydrogen (secondary N) is 1. The van der Waals surface area contributed by atoms with Gasteiger partial charge in [0.05, 0.1) is 5.69 Å². The highest BCUT2D eigenvalue weighted by molar-refractivity contribution is 7.13. The van der Waals surface area contributed by atoms with Crippen LogP contribution < -0.4 is 5.32 Å². The summed E-state index contributed by atoms with van der Waals surface area (Å²) in [5, 5.41) is 5.98. The molecule has 2 heterocycles. The molecule has 1 atom stereocenters. The van der Waals surface area contributed by atoms with Crippen molar-refractivity contribution in [1.82, 2.24) is 9.88 Å². The molecule has 126 valence electrons. The third-order valence-corrected chi connectivity index (χ3v) is 5.09. The Balaban J connectivity index is 1.77. The van der Waals surface area contributed by atoms with Gasteiger partial charge >= 0.3 is 0 Å². The van der Waals surface area contributed by atoms with Crippen molar-refractivity contribution in [2.24, 2.45) is 0 Å². The Labute approximate surface area is 153 Å². The highest BCUT2D eigenvalue weighted by atomic mass is 35.5. The van der Waals surface area contributed by atoms with E-state index >= 15 is 0 Å². The first-order valence-corrected chi connectivity index (χ1v) is 9.07. The van der Waals surface area contributed by atoms with Gasteiger partial charge in [-0.2, -0.15) is 0 Å². The molecular weight excluding hydrogens is 369 g/mol. The number of amides is 2. The van der Waals surface area contributed by atoms with Crippen molar-refractivity contribution in [2.75, 3.05) is 11.9 Å². The fourth-order valence-corrected chi connectivity index (χ4v) is 3.94. The van der Waals surface area contributed by atoms with Gasteiger partial charge < -0.3 is 10.2 Å². The van der Waals surface area contributed by atoms with Crippen LogP contribution in [0.25, 0.3) is 0 Å². The lowest BCUT2D eigenvalue weighted by Gasteiger charge is -2.23. The number of anilines is 1. The van der Waals surface area contributed by atoms with Crippen LogP contribution in [0.4, 0.5) is 5.13 Å². The van der Waals surface area contributed by atoms with Crippen molar-refractivity contribution in [3.05, 3.63) is 44.9 Å². The molecule has 1 N–H and O–H groups in total. The molecule has 1 aromatic carbocycles. The molecule has 24 heavy (non-hydrogen) atoms. The van der Waals surface area contributed by atoms with Crippen LogP contribution in [-0.4, -0.2) is 34.3 Å². The average molecular weight is 384 g/mol. The minimum atomic E-state index is -0.514. The summed E-state index contributed by atoms with van der Waals surface area (Å²) in [6.45, 7) is 2.39. The van der Waals surface area contributed by atoms with Crippen LogP contribution in [0, 0.1) is 6.92 Å². The second kappa shape index (κ2) is 7.09. The Hall–Kier alpha value is -1.63. The summed E-state index contributed by atoms with van der Waals surface area (Å²) >= 11 is 13.3. The predicted molar refractivity (Wildman–Crippen MR) is 96.0 cm³/mol. The van der Waals surface area contributed by atoms with E-state index in [4.69, 9.17) is 23.2 Å². The summed E-state index contributed by atoms with van der Waals surface area (Å²) < 4.78 is 0. The van der Waals surface area contributed by atoms with E-state index in [-0.39, 0.29) is 11.8 Å². The average Bonchev–Trinajstić information content (AvgIpc) is 3.14. The van der Waals surface area contributed by atoms with Crippen LogP contribution in [-0.2, 0) is 4.79 Å². The lowest BCUT2D eigenvalue weighted by molar-refractivity contribution is -0.119. The third-order valence-electron chi connectivity index (χ3n) is 3.77. The van der Waals surface area contributed by atoms with Gasteiger partial charge in [0, 0.05) is 27.5 Å². The lowest BCUT2D eigenvalue weighted by atomic mass is 10.1. The SMILES string of the molecule is Cc1csc(NC(=O)[C@H]2CCCN2C(=O)c2cc(Cl)cc(Cl)c2)n1. The van der Waals surface area contributed by atoms with Gasteiger partial charge in [-0.3, -0.25) is 9.59 Å². The van der Waals surface area contributed by atoms with E-state index < -0.39 is 6.04 Å². The number of likely N-dealkylation sites (tertiary alicyclic amines) is 1. The van der Waals surface area contributed by atoms with Crippen molar-refractivity contribution in [3.63, 3.8) is 0 Å². The van der Waals surface area contributed by atoms with E-state index in [1.807, 2.05) is 12.3 Å². The maximum atomic E-state index is 12.7. The fourth-order valence-electron chi connectivity index (χ4n) is 2.73. The summed E-state index contributed by atoms with van der Waals surface area (Å²) in [4.78, 5) is 31.0. The molecular formula is C16H15Cl2N3O2S. The van der Waals surface area contributed by atoms with Crippen LogP contribution in [0.2, 0.25) is 10.0 Å². The summed E-state index contributed by atoms with van der Waals surface area (Å²) in [6, 6.07) is 4.18. The second-order valence-electron chi connectivity index (χ2n) is 5.60. The summed E-state index contributed by atoms with van der Waals surface area (Å²) in [6.07, 6.45) is 1.39. The molecule has 8 heteroatoms. The van der Waals surface area contributed by atoms with Gasteiger partial charge in [-0.15, -0.1) is 11.3 Å². The predicted octanol–water partition coefficient (Wildman–Crippen LogP) is 4.00. The number of rotatable bonds is 3. The maximum absolute atomic E-state index is 12.7. The molecule has 1 aliphatic heterocycles. The Morgan fingerprint density at radius 3 is 2.62 bits per heavy atom. The number of benzene rings is 1. The van der Waals surface area contributed by atoms with E-state index in [1.165, 1.54) is 11.3 Å². The summed E-state index contributed by atoms with van der Waals surface area (Å²) in [5.41, 5.74) is 1.24. The Bertz CT molecular complexity index is 773. The molecule has 5 nitrogen and oxygen atoms in total. The normalized spacial score (nSPS) is 17.1. The van der Waals surface area contributed by atoms with Gasteiger partial charge in [-0.25, -0.2) is 4.98 Å². The number of halogens is 2. The molecule has 0 radical (unpaired) electrons. The Kier molecular flexibility index (Phi) is 5.08. The zero-order chi connectivity index (χ0) is 17.3. The molecule has 0 aliphatic carbocycles. The summed E-state index contributed by atoms with van der Waals surface area (Å²) in [5.74, 6) is -0.462. The topological polar surface area (TPSA) is 62.3 Å². The number of hydrogen-bond donors (Lipinski definition) is 1. The van der Waals surface area contributed by atoms with E-state index in [0.29, 0.717) is 33.7 Å². The minimum Gasteiger partial charge on any atom is -0.327 e. The first kappa shape index (κ1) is 17.2. The van der Waals surface area contributed by atoms with Crippen molar-refractivity contribution in [1.29, 1.82) is 0 Å². The van der Waals surface area contributed by atoms with E-state index in [1.54, 1.807) is 23.1 Å². The van der Waals surface area contributed by atoms with Gasteiger partial charge in [-0.1, -0.05) is 23.2 Å². The number of aryl methyl sites for hydroxylation is 1. The van der Waals surface area contributed by atoms with Gasteiger partial charge in [-0.05, 0) is 38.0 Å². The Morgan fingerprint density at radius 2 is 2.00 bits per heavy atom. The number of carbonyl (C=O) groups excluding carboxylic acids is 2. The number of carbonyl (C=O) groups is 2. The number of thiazole rings is 1. The van der Waals surface area contributed by atoms with Crippen LogP contribution in [0.5, 0.6) is 0 Å². The zero-order valence-electron chi connectivity index (χ0n) is 12.9. The number of aromatic nitrogens is 1. The van der Waals surface area contributed by atoms with Crippen LogP contribution in [0.15, 0.2) is 23.6 Å². The first-order valence-electron chi connectivity index (χ1n) is 7.44. The quantitative estimate of drug-likeness (QED) is 0.870. The summed E-state index contributed by atoms with van der Waals surface area (Å²) in [7, 11) is 0. The van der Waals surface area contributed by atoms with Gasteiger partial charge in [0.1, 0.15) is 6.04 Å². The van der Waals surface area contributed by atoms with E-state index in [9.17, 15) is 9.59 Å². The van der Waals surface area contributed by atoms with Crippen molar-refractivity contribution in [2.45, 2.75) is 25.8 Å². The molecule has 1 saturated heterocycles. The molecule has 3 rings (SSSR count). The van der Waals surface area contributed by atoms with Crippen molar-refractivity contribution < 1.29 is 9.59 Å². The zero-order valence-corrected chi connectivity index (χ0v) is 15.2. The van der Waals surface area contributed by atoms with Crippen LogP contribution in [0.3, 0.4) is 0 Å². The molecule has 2 amide bonds. The molecule has 0 saturated carbocycles. The van der Waals surface area contributed by atoms with E-state index in [0.717, 1.165) is 12.1 Å². The first-order chi connectivity index (χ1) is 11.4. The largest absolute Gasteiger partial charge is 0.327 e. The smallest absolute Gasteiger partial charge is 0.254 e. The molecule has 0 unspecified atom stereocenters. The lowest BCUT2D eigenvalue weighted by Crippen LogP contribution is -2.43. The Morgan fingerprint density at radius 1 is 1.29 bits per heavy atom. The molecule has 1 aliphatic rings. The van der Waals surface area contributed by atoms with Crippen molar-refractivity contribution in [3.8, 4) is 0 Å². The highest BCUT2D eigenvalue weighted by Gasteiger charge is 2.35. The number of nitrogens with zero attached hydrogens (tertiary/aromatic N) is 2. The van der Waals surface area contributed by atoms with Gasteiger partial charge in [0.2, 0.25) is 5.91 Å². The van der Waals surface area contributed by atoms with Crippen molar-refractivity contribution >= 4 is 51.5 Å². The molecule has 1 aromatic heterocycles. The van der Waals surface area contributed by atoms with E-state index in [2.05, 4.69) is 10.3 Å². The molecule has 1 fully saturated rings. The molecule has 0 bridgehead atoms. The maximum Gasteiger partial charge on any atom is 0.254 e. The second-order valence-corrected chi connectivity index (χ2v) is 7.33. The monoisotopic (exact) mass is 383 g/mol. The molecule has 2 aromatic rings. The van der Waals surface area contributed by atoms with Crippen LogP contribution >= 0.6 is 34.5 Å². The highest BCUT2D eigenvalue weighted by Crippen LogP contribution is 2.25. The number of hydrogen-bond acceptors (Lipinski definition) is 4. The van der Waals surface area contributed by atoms with Gasteiger partial charge in [0.15, 0.2) is 5.13 Å². The standard InChI is InChI=1S/C16H15Cl2N3O2S/c1-9-8-24-16(19-9)20-14(22)13-3-2-4-21(13)15(23)10-5-11(17)7-12(18)6-10/h5-8,13H,2-4H2,1H3,(H,19,20,22)/t13-/m1/s1. The fraction of sp³-hybridized carbons (Fsp3) is 0.312.